The Morgan fingerprint density at radius 3 is 2.85 bits per heavy atom. The molecule has 1 aliphatic rings. The van der Waals surface area contributed by atoms with Gasteiger partial charge in [-0.1, -0.05) is 6.42 Å². The molecule has 1 saturated heterocycles. The summed E-state index contributed by atoms with van der Waals surface area (Å²) in [6.45, 7) is 1.03. The Labute approximate surface area is 117 Å². The molecule has 20 heavy (non-hydrogen) atoms. The number of carbonyl (C=O) groups excluding carboxylic acids is 1. The second kappa shape index (κ2) is 6.25. The minimum atomic E-state index is -1.28. The highest BCUT2D eigenvalue weighted by molar-refractivity contribution is 6.40. The molecule has 2 heterocycles. The first-order valence-electron chi connectivity index (χ1n) is 6.69. The van der Waals surface area contributed by atoms with Crippen LogP contribution in [0.1, 0.15) is 12.8 Å². The van der Waals surface area contributed by atoms with Gasteiger partial charge in [0.2, 0.25) is 5.95 Å². The van der Waals surface area contributed by atoms with Gasteiger partial charge in [-0.2, -0.15) is 0 Å². The molecule has 1 aliphatic heterocycles. The lowest BCUT2D eigenvalue weighted by molar-refractivity contribution is 0.208. The van der Waals surface area contributed by atoms with Gasteiger partial charge in [-0.25, -0.2) is 14.3 Å². The van der Waals surface area contributed by atoms with Crippen molar-refractivity contribution in [1.82, 2.24) is 14.5 Å². The molecule has 2 rings (SSSR count). The number of likely N-dealkylation sites (tertiary alicyclic amines) is 1. The highest BCUT2D eigenvalue weighted by Gasteiger charge is 2.33. The molecular weight excluding hydrogens is 261 g/mol. The van der Waals surface area contributed by atoms with E-state index in [0.29, 0.717) is 25.8 Å². The fraction of sp³-hybridized carbons (Fsp3) is 0.636. The number of nitrogens with two attached hydrogens (primary N) is 2. The predicted molar refractivity (Wildman–Crippen MR) is 74.7 cm³/mol. The van der Waals surface area contributed by atoms with Crippen LogP contribution < -0.4 is 11.5 Å². The summed E-state index contributed by atoms with van der Waals surface area (Å²) < 4.78 is 1.30. The van der Waals surface area contributed by atoms with Crippen LogP contribution in [-0.4, -0.2) is 56.8 Å². The Kier molecular flexibility index (Phi) is 4.63. The number of amides is 1. The van der Waals surface area contributed by atoms with Crippen LogP contribution in [0.4, 0.5) is 10.7 Å². The second-order valence-electron chi connectivity index (χ2n) is 5.18. The predicted octanol–water partition coefficient (Wildman–Crippen LogP) is -1.05. The second-order valence-corrected chi connectivity index (χ2v) is 5.18. The summed E-state index contributed by atoms with van der Waals surface area (Å²) in [5.41, 5.74) is 11.6. The smallest absolute Gasteiger partial charge is 0.427 e. The van der Waals surface area contributed by atoms with Gasteiger partial charge in [0.05, 0.1) is 0 Å². The van der Waals surface area contributed by atoms with E-state index >= 15 is 0 Å². The van der Waals surface area contributed by atoms with E-state index in [0.717, 1.165) is 6.42 Å². The monoisotopic (exact) mass is 281 g/mol. The lowest BCUT2D eigenvalue weighted by Crippen LogP contribution is -2.35. The Morgan fingerprint density at radius 1 is 1.50 bits per heavy atom. The SMILES string of the molecule is Nc1nccn1C(=O)N1C[C@H](CCCB(O)O)[C@@H](N)C1. The number of imidazole rings is 1. The minimum Gasteiger partial charge on any atom is -0.427 e. The number of nitrogen functional groups attached to an aromatic ring is 1. The van der Waals surface area contributed by atoms with Crippen molar-refractivity contribution in [2.45, 2.75) is 25.2 Å². The van der Waals surface area contributed by atoms with Gasteiger partial charge in [-0.3, -0.25) is 0 Å². The summed E-state index contributed by atoms with van der Waals surface area (Å²) in [5, 5.41) is 17.6. The van der Waals surface area contributed by atoms with Crippen LogP contribution >= 0.6 is 0 Å². The third-order valence-electron chi connectivity index (χ3n) is 3.67. The van der Waals surface area contributed by atoms with E-state index in [4.69, 9.17) is 21.5 Å². The van der Waals surface area contributed by atoms with E-state index in [2.05, 4.69) is 4.98 Å². The Bertz CT molecular complexity index is 467. The van der Waals surface area contributed by atoms with Crippen LogP contribution in [0.3, 0.4) is 0 Å². The quantitative estimate of drug-likeness (QED) is 0.521. The Balaban J connectivity index is 1.90. The van der Waals surface area contributed by atoms with Crippen LogP contribution in [0.25, 0.3) is 0 Å². The van der Waals surface area contributed by atoms with E-state index in [1.807, 2.05) is 0 Å². The first kappa shape index (κ1) is 14.8. The molecule has 1 fully saturated rings. The number of rotatable bonds is 4. The Morgan fingerprint density at radius 2 is 2.25 bits per heavy atom. The van der Waals surface area contributed by atoms with Gasteiger partial charge < -0.3 is 26.4 Å². The van der Waals surface area contributed by atoms with Crippen LogP contribution in [-0.2, 0) is 0 Å². The number of hydrogen-bond donors (Lipinski definition) is 4. The molecule has 6 N–H and O–H groups in total. The maximum Gasteiger partial charge on any atom is 0.451 e. The molecule has 0 spiro atoms. The van der Waals surface area contributed by atoms with Crippen molar-refractivity contribution < 1.29 is 14.8 Å². The molecule has 0 saturated carbocycles. The molecule has 0 unspecified atom stereocenters. The first-order valence-corrected chi connectivity index (χ1v) is 6.69. The van der Waals surface area contributed by atoms with Crippen molar-refractivity contribution in [2.75, 3.05) is 18.8 Å². The zero-order chi connectivity index (χ0) is 14.7. The number of nitrogens with zero attached hydrogens (tertiary/aromatic N) is 3. The highest BCUT2D eigenvalue weighted by atomic mass is 16.4. The number of hydrogen-bond acceptors (Lipinski definition) is 6. The first-order chi connectivity index (χ1) is 9.49. The standard InChI is InChI=1S/C11H20BN5O3/c13-9-7-16(6-8(9)2-1-3-12(19)20)11(18)17-5-4-15-10(17)14/h4-5,8-9,19-20H,1-3,6-7,13H2,(H2,14,15)/t8-,9-/m0/s1. The summed E-state index contributed by atoms with van der Waals surface area (Å²) in [7, 11) is -1.28. The summed E-state index contributed by atoms with van der Waals surface area (Å²) in [6.07, 6.45) is 4.76. The van der Waals surface area contributed by atoms with Crippen molar-refractivity contribution in [1.29, 1.82) is 0 Å². The maximum absolute atomic E-state index is 12.2. The van der Waals surface area contributed by atoms with E-state index in [9.17, 15) is 4.79 Å². The summed E-state index contributed by atoms with van der Waals surface area (Å²) in [4.78, 5) is 17.7. The highest BCUT2D eigenvalue weighted by Crippen LogP contribution is 2.22. The zero-order valence-corrected chi connectivity index (χ0v) is 11.2. The topological polar surface area (TPSA) is 131 Å². The fourth-order valence-electron chi connectivity index (χ4n) is 2.55. The number of carbonyl (C=O) groups is 1. The van der Waals surface area contributed by atoms with Gasteiger partial charge in [-0.15, -0.1) is 0 Å². The van der Waals surface area contributed by atoms with Crippen LogP contribution in [0.2, 0.25) is 6.32 Å². The molecule has 0 aromatic carbocycles. The van der Waals surface area contributed by atoms with Crippen LogP contribution in [0.15, 0.2) is 12.4 Å². The van der Waals surface area contributed by atoms with Crippen molar-refractivity contribution in [3.05, 3.63) is 12.4 Å². The lowest BCUT2D eigenvalue weighted by Gasteiger charge is -2.16. The van der Waals surface area contributed by atoms with E-state index in [1.54, 1.807) is 4.90 Å². The molecule has 1 amide bonds. The van der Waals surface area contributed by atoms with E-state index in [1.165, 1.54) is 17.0 Å². The van der Waals surface area contributed by atoms with Crippen molar-refractivity contribution in [2.24, 2.45) is 11.7 Å². The average molecular weight is 281 g/mol. The number of anilines is 1. The third kappa shape index (κ3) is 3.30. The van der Waals surface area contributed by atoms with Crippen molar-refractivity contribution in [3.63, 3.8) is 0 Å². The summed E-state index contributed by atoms with van der Waals surface area (Å²) in [5.74, 6) is 0.331. The summed E-state index contributed by atoms with van der Waals surface area (Å²) in [6, 6.07) is -0.320. The third-order valence-corrected chi connectivity index (χ3v) is 3.67. The molecule has 0 aliphatic carbocycles. The largest absolute Gasteiger partial charge is 0.451 e. The molecule has 1 aromatic heterocycles. The van der Waals surface area contributed by atoms with Gasteiger partial charge in [0.1, 0.15) is 0 Å². The van der Waals surface area contributed by atoms with Gasteiger partial charge in [0, 0.05) is 31.5 Å². The molecule has 0 bridgehead atoms. The maximum atomic E-state index is 12.2. The normalized spacial score (nSPS) is 22.2. The Hall–Kier alpha value is -1.58. The van der Waals surface area contributed by atoms with Gasteiger partial charge in [0.25, 0.3) is 0 Å². The van der Waals surface area contributed by atoms with Crippen molar-refractivity contribution in [3.8, 4) is 0 Å². The van der Waals surface area contributed by atoms with Gasteiger partial charge >= 0.3 is 13.1 Å². The average Bonchev–Trinajstić information content (AvgIpc) is 2.95. The minimum absolute atomic E-state index is 0.0977. The van der Waals surface area contributed by atoms with Gasteiger partial charge in [0.15, 0.2) is 0 Å². The molecule has 9 heteroatoms. The number of aromatic nitrogens is 2. The molecule has 8 nitrogen and oxygen atoms in total. The van der Waals surface area contributed by atoms with E-state index < -0.39 is 7.12 Å². The van der Waals surface area contributed by atoms with Crippen LogP contribution in [0.5, 0.6) is 0 Å². The fourth-order valence-corrected chi connectivity index (χ4v) is 2.55. The molecule has 2 atom stereocenters. The molecule has 0 radical (unpaired) electrons. The molecular formula is C11H20BN5O3. The molecule has 110 valence electrons. The summed E-state index contributed by atoms with van der Waals surface area (Å²) >= 11 is 0. The van der Waals surface area contributed by atoms with E-state index in [-0.39, 0.29) is 23.9 Å². The van der Waals surface area contributed by atoms with Crippen molar-refractivity contribution >= 4 is 19.1 Å². The zero-order valence-electron chi connectivity index (χ0n) is 11.2. The van der Waals surface area contributed by atoms with Gasteiger partial charge in [-0.05, 0) is 18.7 Å². The van der Waals surface area contributed by atoms with Crippen LogP contribution in [0, 0.1) is 5.92 Å². The lowest BCUT2D eigenvalue weighted by atomic mass is 9.82. The molecule has 1 aromatic rings.